The molecule has 182 valence electrons. The number of aliphatic hydroxyl groups is 1. The summed E-state index contributed by atoms with van der Waals surface area (Å²) >= 11 is 0. The molecule has 4 nitrogen and oxygen atoms in total. The lowest BCUT2D eigenvalue weighted by atomic mass is 9.69. The molecule has 0 radical (unpaired) electrons. The molecule has 1 aliphatic heterocycles. The molecule has 2 aromatic rings. The number of sulfone groups is 1. The minimum atomic E-state index is -3.60. The maximum absolute atomic E-state index is 13.8. The van der Waals surface area contributed by atoms with Crippen molar-refractivity contribution in [2.75, 3.05) is 12.4 Å². The Hall–Kier alpha value is -1.85. The van der Waals surface area contributed by atoms with Crippen LogP contribution in [0.25, 0.3) is 0 Å². The van der Waals surface area contributed by atoms with Crippen LogP contribution in [0.15, 0.2) is 53.4 Å². The maximum Gasteiger partial charge on any atom is 0.179 e. The highest BCUT2D eigenvalue weighted by molar-refractivity contribution is 7.91. The van der Waals surface area contributed by atoms with Crippen LogP contribution in [-0.4, -0.2) is 32.0 Å². The minimum absolute atomic E-state index is 0.0338. The van der Waals surface area contributed by atoms with E-state index in [1.165, 1.54) is 6.42 Å². The van der Waals surface area contributed by atoms with E-state index in [-0.39, 0.29) is 5.75 Å². The van der Waals surface area contributed by atoms with Crippen molar-refractivity contribution >= 4 is 9.84 Å². The van der Waals surface area contributed by atoms with Crippen molar-refractivity contribution in [1.82, 2.24) is 0 Å². The van der Waals surface area contributed by atoms with Crippen LogP contribution in [0.3, 0.4) is 0 Å². The molecule has 0 saturated heterocycles. The molecular formula is C28H40O4S. The zero-order chi connectivity index (χ0) is 23.9. The average molecular weight is 473 g/mol. The van der Waals surface area contributed by atoms with Crippen molar-refractivity contribution < 1.29 is 18.3 Å². The van der Waals surface area contributed by atoms with Gasteiger partial charge >= 0.3 is 0 Å². The van der Waals surface area contributed by atoms with Crippen molar-refractivity contribution in [3.63, 3.8) is 0 Å². The molecule has 0 aliphatic carbocycles. The van der Waals surface area contributed by atoms with Gasteiger partial charge < -0.3 is 9.84 Å². The van der Waals surface area contributed by atoms with Gasteiger partial charge in [0.25, 0.3) is 0 Å². The van der Waals surface area contributed by atoms with E-state index in [1.807, 2.05) is 49.4 Å². The van der Waals surface area contributed by atoms with E-state index in [4.69, 9.17) is 4.74 Å². The smallest absolute Gasteiger partial charge is 0.179 e. The lowest BCUT2D eigenvalue weighted by molar-refractivity contribution is 0.0174. The van der Waals surface area contributed by atoms with Crippen LogP contribution >= 0.6 is 0 Å². The third kappa shape index (κ3) is 5.81. The van der Waals surface area contributed by atoms with Gasteiger partial charge in [-0.1, -0.05) is 89.3 Å². The van der Waals surface area contributed by atoms with E-state index >= 15 is 0 Å². The van der Waals surface area contributed by atoms with Gasteiger partial charge in [-0.05, 0) is 42.5 Å². The summed E-state index contributed by atoms with van der Waals surface area (Å²) in [6.07, 6.45) is 6.79. The van der Waals surface area contributed by atoms with Gasteiger partial charge in [0.15, 0.2) is 9.84 Å². The summed E-state index contributed by atoms with van der Waals surface area (Å²) in [6.45, 7) is 6.87. The van der Waals surface area contributed by atoms with Gasteiger partial charge in [-0.2, -0.15) is 0 Å². The van der Waals surface area contributed by atoms with Gasteiger partial charge in [0.05, 0.1) is 23.4 Å². The second kappa shape index (κ2) is 11.5. The summed E-state index contributed by atoms with van der Waals surface area (Å²) in [5.41, 5.74) is 0.944. The highest BCUT2D eigenvalue weighted by Crippen LogP contribution is 2.49. The van der Waals surface area contributed by atoms with E-state index in [0.29, 0.717) is 35.7 Å². The Morgan fingerprint density at radius 1 is 0.970 bits per heavy atom. The Morgan fingerprint density at radius 3 is 2.36 bits per heavy atom. The van der Waals surface area contributed by atoms with Crippen molar-refractivity contribution in [2.24, 2.45) is 5.41 Å². The van der Waals surface area contributed by atoms with Crippen LogP contribution < -0.4 is 4.74 Å². The van der Waals surface area contributed by atoms with Gasteiger partial charge in [0.2, 0.25) is 0 Å². The lowest BCUT2D eigenvalue weighted by Gasteiger charge is -2.39. The van der Waals surface area contributed by atoms with Crippen LogP contribution in [0, 0.1) is 5.41 Å². The number of rotatable bonds is 11. The van der Waals surface area contributed by atoms with E-state index < -0.39 is 27.3 Å². The topological polar surface area (TPSA) is 63.6 Å². The molecule has 0 unspecified atom stereocenters. The third-order valence-corrected chi connectivity index (χ3v) is 9.21. The summed E-state index contributed by atoms with van der Waals surface area (Å²) < 4.78 is 33.4. The van der Waals surface area contributed by atoms with Crippen LogP contribution in [0.1, 0.15) is 89.2 Å². The molecule has 0 aromatic heterocycles. The van der Waals surface area contributed by atoms with Gasteiger partial charge in [-0.15, -0.1) is 0 Å². The van der Waals surface area contributed by atoms with Gasteiger partial charge in [0, 0.05) is 11.3 Å². The lowest BCUT2D eigenvalue weighted by Crippen LogP contribution is -2.42. The monoisotopic (exact) mass is 472 g/mol. The first-order chi connectivity index (χ1) is 15.9. The summed E-state index contributed by atoms with van der Waals surface area (Å²) in [7, 11) is -3.60. The van der Waals surface area contributed by atoms with Gasteiger partial charge in [-0.25, -0.2) is 8.42 Å². The number of ether oxygens (including phenoxy) is 1. The molecule has 3 rings (SSSR count). The number of aliphatic hydroxyl groups excluding tert-OH is 1. The molecule has 33 heavy (non-hydrogen) atoms. The number of benzene rings is 2. The second-order valence-corrected chi connectivity index (χ2v) is 11.5. The molecule has 5 heteroatoms. The first-order valence-corrected chi connectivity index (χ1v) is 14.3. The van der Waals surface area contributed by atoms with Crippen molar-refractivity contribution in [3.8, 4) is 5.75 Å². The quantitative estimate of drug-likeness (QED) is 0.379. The number of unbranched alkanes of at least 4 members (excludes halogenated alkanes) is 4. The van der Waals surface area contributed by atoms with Crippen LogP contribution in [0.2, 0.25) is 0 Å². The SMILES string of the molecule is CCCCCCOc1ccc2c(c1)S(=O)(=O)C[C@](CC)(CCCC)[C@H](O)[C@@H]2c1ccccc1. The number of fused-ring (bicyclic) bond motifs is 1. The van der Waals surface area contributed by atoms with Crippen molar-refractivity contribution in [1.29, 1.82) is 0 Å². The first-order valence-electron chi connectivity index (χ1n) is 12.6. The number of hydrogen-bond donors (Lipinski definition) is 1. The molecule has 3 atom stereocenters. The largest absolute Gasteiger partial charge is 0.494 e. The zero-order valence-corrected chi connectivity index (χ0v) is 21.2. The molecule has 0 bridgehead atoms. The molecule has 0 spiro atoms. The Balaban J connectivity index is 2.07. The maximum atomic E-state index is 13.8. The second-order valence-electron chi connectivity index (χ2n) is 9.52. The average Bonchev–Trinajstić information content (AvgIpc) is 2.89. The molecule has 1 aliphatic rings. The fourth-order valence-electron chi connectivity index (χ4n) is 5.17. The van der Waals surface area contributed by atoms with Crippen LogP contribution in [-0.2, 0) is 9.84 Å². The zero-order valence-electron chi connectivity index (χ0n) is 20.4. The Labute approximate surface area is 200 Å². The highest BCUT2D eigenvalue weighted by atomic mass is 32.2. The third-order valence-electron chi connectivity index (χ3n) is 7.23. The van der Waals surface area contributed by atoms with Gasteiger partial charge in [0.1, 0.15) is 5.75 Å². The normalized spacial score (nSPS) is 24.1. The van der Waals surface area contributed by atoms with Crippen molar-refractivity contribution in [2.45, 2.75) is 89.1 Å². The fourth-order valence-corrected chi connectivity index (χ4v) is 7.46. The Kier molecular flexibility index (Phi) is 9.00. The first kappa shape index (κ1) is 25.8. The van der Waals surface area contributed by atoms with E-state index in [9.17, 15) is 13.5 Å². The molecule has 2 aromatic carbocycles. The highest BCUT2D eigenvalue weighted by Gasteiger charge is 2.48. The van der Waals surface area contributed by atoms with E-state index in [2.05, 4.69) is 13.8 Å². The fraction of sp³-hybridized carbons (Fsp3) is 0.571. The summed E-state index contributed by atoms with van der Waals surface area (Å²) in [5, 5.41) is 11.8. The molecule has 1 N–H and O–H groups in total. The summed E-state index contributed by atoms with van der Waals surface area (Å²) in [4.78, 5) is 0.313. The molecule has 0 amide bonds. The molecule has 0 fully saturated rings. The van der Waals surface area contributed by atoms with Crippen molar-refractivity contribution in [3.05, 3.63) is 59.7 Å². The Morgan fingerprint density at radius 2 is 1.70 bits per heavy atom. The number of hydrogen-bond acceptors (Lipinski definition) is 4. The standard InChI is InChI=1S/C28H40O4S/c1-4-7-9-13-19-32-23-16-17-24-25(20-23)33(30,31)21-28(6-3,18-8-5-2)27(29)26(24)22-14-11-10-12-15-22/h10-12,14-17,20,26-27,29H,4-9,13,18-19,21H2,1-3H3/t26-,27-,28+/m1/s1. The van der Waals surface area contributed by atoms with E-state index in [0.717, 1.165) is 37.7 Å². The predicted octanol–water partition coefficient (Wildman–Crippen LogP) is 6.51. The van der Waals surface area contributed by atoms with Gasteiger partial charge in [-0.3, -0.25) is 0 Å². The van der Waals surface area contributed by atoms with E-state index in [1.54, 1.807) is 6.07 Å². The Bertz CT molecular complexity index is 986. The molecule has 1 heterocycles. The van der Waals surface area contributed by atoms with Crippen LogP contribution in [0.4, 0.5) is 0 Å². The summed E-state index contributed by atoms with van der Waals surface area (Å²) in [5.74, 6) is 0.162. The molecule has 0 saturated carbocycles. The minimum Gasteiger partial charge on any atom is -0.494 e. The van der Waals surface area contributed by atoms with Crippen LogP contribution in [0.5, 0.6) is 5.75 Å². The predicted molar refractivity (Wildman–Crippen MR) is 135 cm³/mol. The summed E-state index contributed by atoms with van der Waals surface area (Å²) in [6, 6.07) is 15.3. The molecular weight excluding hydrogens is 432 g/mol.